The van der Waals surface area contributed by atoms with Crippen LogP contribution in [0.5, 0.6) is 0 Å². The molecule has 2 heterocycles. The molecule has 0 unspecified atom stereocenters. The van der Waals surface area contributed by atoms with Crippen molar-refractivity contribution in [3.63, 3.8) is 0 Å². The van der Waals surface area contributed by atoms with Gasteiger partial charge in [0.05, 0.1) is 28.4 Å². The van der Waals surface area contributed by atoms with Crippen LogP contribution < -0.4 is 5.01 Å². The molecule has 5 heteroatoms. The maximum absolute atomic E-state index is 13.4. The van der Waals surface area contributed by atoms with Gasteiger partial charge in [-0.2, -0.15) is 15.2 Å². The molecule has 5 aromatic rings. The van der Waals surface area contributed by atoms with Crippen LogP contribution in [0.4, 0.5) is 5.69 Å². The van der Waals surface area contributed by atoms with Crippen molar-refractivity contribution in [3.05, 3.63) is 133 Å². The third-order valence-corrected chi connectivity index (χ3v) is 6.39. The standard InChI is InChI=1S/C32H24N4O/c1-23-30(32(37)36(33-23)29-15-9-4-10-16-29)21-27-22-35(28-13-7-3-8-14-28)34-31(27)26-19-17-25(18-20-26)24-11-5-2-6-12-24/h2-22H,1H3/b30-21-. The SMILES string of the molecule is CC1=NN(c2ccccc2)C(=O)/C1=C\c1cn(-c2ccccc2)nc1-c1ccc(-c2ccccc2)cc1. The second-order valence-corrected chi connectivity index (χ2v) is 8.85. The summed E-state index contributed by atoms with van der Waals surface area (Å²) in [7, 11) is 0. The van der Waals surface area contributed by atoms with Crippen LogP contribution in [0.1, 0.15) is 12.5 Å². The summed E-state index contributed by atoms with van der Waals surface area (Å²) < 4.78 is 1.85. The van der Waals surface area contributed by atoms with Crippen LogP contribution in [-0.4, -0.2) is 21.4 Å². The largest absolute Gasteiger partial charge is 0.280 e. The Morgan fingerprint density at radius 2 is 1.19 bits per heavy atom. The average molecular weight is 481 g/mol. The number of amides is 1. The van der Waals surface area contributed by atoms with Crippen molar-refractivity contribution in [3.8, 4) is 28.1 Å². The number of carbonyl (C=O) groups is 1. The summed E-state index contributed by atoms with van der Waals surface area (Å²) >= 11 is 0. The third kappa shape index (κ3) is 4.39. The highest BCUT2D eigenvalue weighted by molar-refractivity contribution is 6.32. The molecule has 0 aliphatic carbocycles. The Kier molecular flexibility index (Phi) is 5.79. The van der Waals surface area contributed by atoms with Gasteiger partial charge in [0.1, 0.15) is 0 Å². The summed E-state index contributed by atoms with van der Waals surface area (Å²) in [6, 6.07) is 38.1. The number of para-hydroxylation sites is 2. The summed E-state index contributed by atoms with van der Waals surface area (Å²) in [5.41, 5.74) is 7.84. The van der Waals surface area contributed by atoms with Gasteiger partial charge in [-0.25, -0.2) is 4.68 Å². The molecule has 178 valence electrons. The molecule has 0 bridgehead atoms. The minimum atomic E-state index is -0.151. The number of nitrogens with zero attached hydrogens (tertiary/aromatic N) is 4. The fraction of sp³-hybridized carbons (Fsp3) is 0.0312. The lowest BCUT2D eigenvalue weighted by atomic mass is 10.0. The van der Waals surface area contributed by atoms with Crippen molar-refractivity contribution in [2.24, 2.45) is 5.10 Å². The van der Waals surface area contributed by atoms with Crippen LogP contribution in [0.2, 0.25) is 0 Å². The van der Waals surface area contributed by atoms with Gasteiger partial charge in [-0.3, -0.25) is 4.79 Å². The van der Waals surface area contributed by atoms with Crippen LogP contribution in [0.3, 0.4) is 0 Å². The summed E-state index contributed by atoms with van der Waals surface area (Å²) in [5, 5.41) is 10.9. The molecule has 5 nitrogen and oxygen atoms in total. The van der Waals surface area contributed by atoms with E-state index in [4.69, 9.17) is 5.10 Å². The predicted octanol–water partition coefficient (Wildman–Crippen LogP) is 7.01. The molecule has 1 aliphatic rings. The van der Waals surface area contributed by atoms with Gasteiger partial charge < -0.3 is 0 Å². The maximum atomic E-state index is 13.4. The molecule has 6 rings (SSSR count). The van der Waals surface area contributed by atoms with E-state index in [0.29, 0.717) is 11.3 Å². The zero-order chi connectivity index (χ0) is 25.2. The molecule has 4 aromatic carbocycles. The highest BCUT2D eigenvalue weighted by Crippen LogP contribution is 2.31. The molecule has 0 atom stereocenters. The van der Waals surface area contributed by atoms with E-state index in [-0.39, 0.29) is 5.91 Å². The normalized spacial score (nSPS) is 14.3. The lowest BCUT2D eigenvalue weighted by Crippen LogP contribution is -2.21. The van der Waals surface area contributed by atoms with Crippen molar-refractivity contribution in [2.45, 2.75) is 6.92 Å². The van der Waals surface area contributed by atoms with Crippen LogP contribution in [-0.2, 0) is 4.79 Å². The molecular formula is C32H24N4O. The zero-order valence-electron chi connectivity index (χ0n) is 20.3. The fourth-order valence-corrected chi connectivity index (χ4v) is 4.47. The first-order chi connectivity index (χ1) is 18.2. The lowest BCUT2D eigenvalue weighted by Gasteiger charge is -2.11. The molecule has 0 radical (unpaired) electrons. The molecule has 1 aliphatic heterocycles. The molecule has 37 heavy (non-hydrogen) atoms. The Bertz CT molecular complexity index is 1620. The van der Waals surface area contributed by atoms with Crippen LogP contribution in [0, 0.1) is 0 Å². The summed E-state index contributed by atoms with van der Waals surface area (Å²) in [5.74, 6) is -0.151. The second-order valence-electron chi connectivity index (χ2n) is 8.85. The van der Waals surface area contributed by atoms with Gasteiger partial charge in [0.25, 0.3) is 5.91 Å². The quantitative estimate of drug-likeness (QED) is 0.254. The molecule has 0 N–H and O–H groups in total. The summed E-state index contributed by atoms with van der Waals surface area (Å²) in [6.07, 6.45) is 3.87. The Labute approximate surface area is 215 Å². The molecule has 1 amide bonds. The number of hydrogen-bond donors (Lipinski definition) is 0. The van der Waals surface area contributed by atoms with Crippen molar-refractivity contribution >= 4 is 23.4 Å². The number of hydrazone groups is 1. The number of hydrogen-bond acceptors (Lipinski definition) is 3. The number of benzene rings is 4. The smallest absolute Gasteiger partial charge is 0.267 e. The van der Waals surface area contributed by atoms with Crippen LogP contribution in [0.15, 0.2) is 132 Å². The van der Waals surface area contributed by atoms with E-state index in [2.05, 4.69) is 41.5 Å². The van der Waals surface area contributed by atoms with E-state index in [9.17, 15) is 4.79 Å². The minimum absolute atomic E-state index is 0.151. The number of carbonyl (C=O) groups excluding carboxylic acids is 1. The molecule has 1 aromatic heterocycles. The van der Waals surface area contributed by atoms with Gasteiger partial charge in [0.2, 0.25) is 0 Å². The first-order valence-electron chi connectivity index (χ1n) is 12.1. The Morgan fingerprint density at radius 1 is 0.649 bits per heavy atom. The fourth-order valence-electron chi connectivity index (χ4n) is 4.47. The first-order valence-corrected chi connectivity index (χ1v) is 12.1. The molecule has 0 spiro atoms. The van der Waals surface area contributed by atoms with Gasteiger partial charge in [-0.05, 0) is 48.4 Å². The maximum Gasteiger partial charge on any atom is 0.280 e. The van der Waals surface area contributed by atoms with Crippen molar-refractivity contribution < 1.29 is 4.79 Å². The topological polar surface area (TPSA) is 50.5 Å². The predicted molar refractivity (Wildman–Crippen MR) is 149 cm³/mol. The Balaban J connectivity index is 1.42. The van der Waals surface area contributed by atoms with Crippen molar-refractivity contribution in [2.75, 3.05) is 5.01 Å². The Hall–Kier alpha value is -5.03. The van der Waals surface area contributed by atoms with E-state index < -0.39 is 0 Å². The van der Waals surface area contributed by atoms with E-state index >= 15 is 0 Å². The van der Waals surface area contributed by atoms with Gasteiger partial charge in [0.15, 0.2) is 0 Å². The zero-order valence-corrected chi connectivity index (χ0v) is 20.3. The molecular weight excluding hydrogens is 456 g/mol. The summed E-state index contributed by atoms with van der Waals surface area (Å²) in [6.45, 7) is 1.86. The van der Waals surface area contributed by atoms with E-state index in [1.54, 1.807) is 0 Å². The number of anilines is 1. The number of aromatic nitrogens is 2. The average Bonchev–Trinajstić information content (AvgIpc) is 3.51. The number of rotatable bonds is 5. The van der Waals surface area contributed by atoms with Gasteiger partial charge in [-0.1, -0.05) is 91.0 Å². The first kappa shape index (κ1) is 22.4. The molecule has 0 saturated carbocycles. The lowest BCUT2D eigenvalue weighted by molar-refractivity contribution is -0.114. The van der Waals surface area contributed by atoms with Crippen LogP contribution in [0.25, 0.3) is 34.1 Å². The monoisotopic (exact) mass is 480 g/mol. The van der Waals surface area contributed by atoms with Gasteiger partial charge in [-0.15, -0.1) is 0 Å². The summed E-state index contributed by atoms with van der Waals surface area (Å²) in [4.78, 5) is 13.4. The van der Waals surface area contributed by atoms with Crippen LogP contribution >= 0.6 is 0 Å². The molecule has 0 saturated heterocycles. The minimum Gasteiger partial charge on any atom is -0.267 e. The molecule has 0 fully saturated rings. The van der Waals surface area contributed by atoms with E-state index in [1.807, 2.05) is 103 Å². The highest BCUT2D eigenvalue weighted by Gasteiger charge is 2.29. The van der Waals surface area contributed by atoms with E-state index in [0.717, 1.165) is 39.3 Å². The van der Waals surface area contributed by atoms with Gasteiger partial charge >= 0.3 is 0 Å². The second kappa shape index (κ2) is 9.55. The van der Waals surface area contributed by atoms with Crippen molar-refractivity contribution in [1.82, 2.24) is 9.78 Å². The van der Waals surface area contributed by atoms with Crippen molar-refractivity contribution in [1.29, 1.82) is 0 Å². The highest BCUT2D eigenvalue weighted by atomic mass is 16.2. The van der Waals surface area contributed by atoms with Gasteiger partial charge in [0, 0.05) is 17.3 Å². The Morgan fingerprint density at radius 3 is 1.84 bits per heavy atom. The third-order valence-electron chi connectivity index (χ3n) is 6.39. The van der Waals surface area contributed by atoms with E-state index in [1.165, 1.54) is 5.01 Å².